The summed E-state index contributed by atoms with van der Waals surface area (Å²) in [6, 6.07) is 4.92. The van der Waals surface area contributed by atoms with Crippen molar-refractivity contribution in [2.75, 3.05) is 0 Å². The molecular weight excluding hydrogens is 433 g/mol. The summed E-state index contributed by atoms with van der Waals surface area (Å²) >= 11 is 0. The summed E-state index contributed by atoms with van der Waals surface area (Å²) in [5.74, 6) is -3.62. The lowest BCUT2D eigenvalue weighted by atomic mass is 10.0. The zero-order valence-electron chi connectivity index (χ0n) is 16.6. The van der Waals surface area contributed by atoms with Crippen LogP contribution in [0.1, 0.15) is 34.5 Å². The van der Waals surface area contributed by atoms with Gasteiger partial charge < -0.3 is 10.0 Å². The second kappa shape index (κ2) is 8.73. The molecule has 1 atom stereocenters. The Labute approximate surface area is 179 Å². The molecule has 2 aliphatic rings. The van der Waals surface area contributed by atoms with Crippen LogP contribution in [0.5, 0.6) is 0 Å². The Kier molecular flexibility index (Phi) is 6.23. The number of nitrogens with one attached hydrogen (secondary N) is 1. The average molecular weight is 450 g/mol. The number of carbonyl (C=O) groups excluding carboxylic acids is 3. The van der Waals surface area contributed by atoms with Crippen LogP contribution < -0.4 is 5.32 Å². The number of aliphatic carboxylic acids is 1. The average Bonchev–Trinajstić information content (AvgIpc) is 3.04. The number of hydrogen-bond acceptors (Lipinski definition) is 6. The Morgan fingerprint density at radius 2 is 1.88 bits per heavy atom. The minimum atomic E-state index is -5.08. The quantitative estimate of drug-likeness (QED) is 0.668. The Bertz CT molecular complexity index is 1090. The molecule has 2 N–H and O–H groups in total. The number of amides is 3. The number of carbonyl (C=O) groups is 4. The Morgan fingerprint density at radius 1 is 1.19 bits per heavy atom. The maximum Gasteiger partial charge on any atom is 0.490 e. The van der Waals surface area contributed by atoms with Crippen LogP contribution in [0.15, 0.2) is 30.6 Å². The molecule has 4 rings (SSSR count). The number of carboxylic acids is 1. The normalized spacial score (nSPS) is 17.9. The summed E-state index contributed by atoms with van der Waals surface area (Å²) < 4.78 is 31.7. The number of benzene rings is 1. The van der Waals surface area contributed by atoms with Crippen LogP contribution in [0.4, 0.5) is 13.2 Å². The van der Waals surface area contributed by atoms with Crippen molar-refractivity contribution >= 4 is 23.7 Å². The van der Waals surface area contributed by atoms with Crippen molar-refractivity contribution in [1.82, 2.24) is 20.2 Å². The number of alkyl halides is 3. The highest BCUT2D eigenvalue weighted by atomic mass is 19.4. The minimum Gasteiger partial charge on any atom is -0.475 e. The third-order valence-electron chi connectivity index (χ3n) is 4.84. The number of piperidine rings is 1. The van der Waals surface area contributed by atoms with Crippen molar-refractivity contribution in [3.05, 3.63) is 47.4 Å². The second-order valence-electron chi connectivity index (χ2n) is 7.12. The Hall–Kier alpha value is -3.83. The van der Waals surface area contributed by atoms with Crippen molar-refractivity contribution in [1.29, 1.82) is 0 Å². The van der Waals surface area contributed by atoms with Gasteiger partial charge in [-0.25, -0.2) is 4.79 Å². The number of aryl methyl sites for hydroxylation is 1. The van der Waals surface area contributed by atoms with Crippen LogP contribution in [-0.4, -0.2) is 55.9 Å². The van der Waals surface area contributed by atoms with E-state index >= 15 is 0 Å². The summed E-state index contributed by atoms with van der Waals surface area (Å²) in [5.41, 5.74) is 3.90. The fourth-order valence-electron chi connectivity index (χ4n) is 3.28. The summed E-state index contributed by atoms with van der Waals surface area (Å²) in [6.07, 6.45) is -1.07. The first-order valence-corrected chi connectivity index (χ1v) is 9.34. The van der Waals surface area contributed by atoms with Gasteiger partial charge in [0.1, 0.15) is 6.04 Å². The van der Waals surface area contributed by atoms with Gasteiger partial charge in [0.2, 0.25) is 11.8 Å². The maximum absolute atomic E-state index is 12.6. The molecule has 168 valence electrons. The van der Waals surface area contributed by atoms with Crippen LogP contribution in [0.2, 0.25) is 0 Å². The van der Waals surface area contributed by atoms with E-state index in [4.69, 9.17) is 9.90 Å². The molecule has 2 aromatic rings. The summed E-state index contributed by atoms with van der Waals surface area (Å²) in [7, 11) is 0. The zero-order chi connectivity index (χ0) is 23.6. The Balaban J connectivity index is 0.000000360. The molecule has 0 spiro atoms. The van der Waals surface area contributed by atoms with Crippen molar-refractivity contribution < 1.29 is 37.5 Å². The second-order valence-corrected chi connectivity index (χ2v) is 7.12. The van der Waals surface area contributed by atoms with Crippen LogP contribution in [0.3, 0.4) is 0 Å². The fourth-order valence-corrected chi connectivity index (χ4v) is 3.28. The topological polar surface area (TPSA) is 130 Å². The van der Waals surface area contributed by atoms with E-state index in [9.17, 15) is 27.6 Å². The molecule has 0 saturated carbocycles. The minimum absolute atomic E-state index is 0.175. The van der Waals surface area contributed by atoms with E-state index in [1.807, 2.05) is 19.1 Å². The van der Waals surface area contributed by atoms with Gasteiger partial charge in [0, 0.05) is 30.3 Å². The van der Waals surface area contributed by atoms with Crippen molar-refractivity contribution in [2.24, 2.45) is 0 Å². The Morgan fingerprint density at radius 3 is 2.44 bits per heavy atom. The number of carboxylic acid groups (broad SMARTS) is 1. The molecule has 2 aliphatic heterocycles. The largest absolute Gasteiger partial charge is 0.490 e. The predicted octanol–water partition coefficient (Wildman–Crippen LogP) is 1.85. The third-order valence-corrected chi connectivity index (χ3v) is 4.84. The number of hydrogen-bond donors (Lipinski definition) is 2. The summed E-state index contributed by atoms with van der Waals surface area (Å²) in [6.45, 7) is 2.23. The highest BCUT2D eigenvalue weighted by molar-refractivity contribution is 6.05. The van der Waals surface area contributed by atoms with Gasteiger partial charge in [0.25, 0.3) is 5.91 Å². The van der Waals surface area contributed by atoms with Gasteiger partial charge in [0.15, 0.2) is 0 Å². The number of imide groups is 1. The number of halogens is 3. The maximum atomic E-state index is 12.6. The number of aromatic nitrogens is 2. The molecule has 12 heteroatoms. The fraction of sp³-hybridized carbons (Fsp3) is 0.300. The standard InChI is InChI=1S/C18H16N4O3.C2HF3O2/c1-10-7-20-14(8-19-10)11-2-3-13-12(6-11)9-22(18(13)25)15-4-5-16(23)21-17(15)24;3-2(4,5)1(6)7/h2-3,6-8,15H,4-5,9H2,1H3,(H,21,23,24);(H,6,7). The molecule has 9 nitrogen and oxygen atoms in total. The monoisotopic (exact) mass is 450 g/mol. The molecule has 3 amide bonds. The van der Waals surface area contributed by atoms with Gasteiger partial charge in [0.05, 0.1) is 17.6 Å². The molecular formula is C20H17F3N4O5. The SMILES string of the molecule is Cc1cnc(-c2ccc3c(c2)CN(C2CCC(=O)NC2=O)C3=O)cn1.O=C(O)C(F)(F)F. The summed E-state index contributed by atoms with van der Waals surface area (Å²) in [4.78, 5) is 55.1. The van der Waals surface area contributed by atoms with Gasteiger partial charge in [-0.05, 0) is 31.0 Å². The van der Waals surface area contributed by atoms with E-state index in [0.717, 1.165) is 22.5 Å². The molecule has 3 heterocycles. The van der Waals surface area contributed by atoms with E-state index in [1.54, 1.807) is 18.5 Å². The van der Waals surface area contributed by atoms with E-state index in [2.05, 4.69) is 15.3 Å². The van der Waals surface area contributed by atoms with E-state index in [1.165, 1.54) is 4.90 Å². The van der Waals surface area contributed by atoms with Gasteiger partial charge in [-0.2, -0.15) is 13.2 Å². The third kappa shape index (κ3) is 4.90. The predicted molar refractivity (Wildman–Crippen MR) is 102 cm³/mol. The van der Waals surface area contributed by atoms with Crippen molar-refractivity contribution in [2.45, 2.75) is 38.5 Å². The van der Waals surface area contributed by atoms with Crippen LogP contribution in [0.25, 0.3) is 11.3 Å². The summed E-state index contributed by atoms with van der Waals surface area (Å²) in [5, 5.41) is 9.43. The van der Waals surface area contributed by atoms with Crippen molar-refractivity contribution in [3.63, 3.8) is 0 Å². The van der Waals surface area contributed by atoms with Crippen LogP contribution in [0, 0.1) is 6.92 Å². The number of rotatable bonds is 2. The van der Waals surface area contributed by atoms with Gasteiger partial charge in [-0.1, -0.05) is 6.07 Å². The first-order valence-electron chi connectivity index (χ1n) is 9.34. The smallest absolute Gasteiger partial charge is 0.475 e. The molecule has 1 unspecified atom stereocenters. The lowest BCUT2D eigenvalue weighted by molar-refractivity contribution is -0.192. The van der Waals surface area contributed by atoms with Crippen LogP contribution in [-0.2, 0) is 20.9 Å². The molecule has 1 saturated heterocycles. The molecule has 1 aromatic heterocycles. The van der Waals surface area contributed by atoms with Gasteiger partial charge in [-0.3, -0.25) is 29.7 Å². The van der Waals surface area contributed by atoms with Gasteiger partial charge in [-0.15, -0.1) is 0 Å². The molecule has 0 aliphatic carbocycles. The molecule has 1 fully saturated rings. The van der Waals surface area contributed by atoms with E-state index < -0.39 is 24.1 Å². The van der Waals surface area contributed by atoms with Crippen molar-refractivity contribution in [3.8, 4) is 11.3 Å². The molecule has 1 aromatic carbocycles. The van der Waals surface area contributed by atoms with Gasteiger partial charge >= 0.3 is 12.1 Å². The lowest BCUT2D eigenvalue weighted by Crippen LogP contribution is -2.52. The molecule has 0 bridgehead atoms. The number of fused-ring (bicyclic) bond motifs is 1. The van der Waals surface area contributed by atoms with E-state index in [0.29, 0.717) is 18.5 Å². The lowest BCUT2D eigenvalue weighted by Gasteiger charge is -2.29. The molecule has 0 radical (unpaired) electrons. The van der Waals surface area contributed by atoms with Crippen LogP contribution >= 0.6 is 0 Å². The zero-order valence-corrected chi connectivity index (χ0v) is 16.6. The first-order chi connectivity index (χ1) is 15.0. The first kappa shape index (κ1) is 22.8. The van der Waals surface area contributed by atoms with E-state index in [-0.39, 0.29) is 18.2 Å². The highest BCUT2D eigenvalue weighted by Gasteiger charge is 2.39. The molecule has 32 heavy (non-hydrogen) atoms. The number of nitrogens with zero attached hydrogens (tertiary/aromatic N) is 3. The highest BCUT2D eigenvalue weighted by Crippen LogP contribution is 2.30.